The third kappa shape index (κ3) is 6.27. The monoisotopic (exact) mass is 390 g/mol. The lowest BCUT2D eigenvalue weighted by atomic mass is 10.2. The molecule has 0 aliphatic rings. The summed E-state index contributed by atoms with van der Waals surface area (Å²) in [7, 11) is 0. The highest BCUT2D eigenvalue weighted by Crippen LogP contribution is 2.22. The molecule has 2 aromatic rings. The Bertz CT molecular complexity index is 862. The predicted octanol–water partition coefficient (Wildman–Crippen LogP) is 2.38. The Morgan fingerprint density at radius 3 is 2.63 bits per heavy atom. The van der Waals surface area contributed by atoms with Crippen LogP contribution < -0.4 is 16.1 Å². The summed E-state index contributed by atoms with van der Waals surface area (Å²) >= 11 is 5.97. The van der Waals surface area contributed by atoms with E-state index in [0.29, 0.717) is 27.7 Å². The largest absolute Gasteiger partial charge is 0.467 e. The van der Waals surface area contributed by atoms with E-state index in [-0.39, 0.29) is 18.9 Å². The van der Waals surface area contributed by atoms with Crippen LogP contribution in [0.4, 0.5) is 5.69 Å². The average molecular weight is 391 g/mol. The molecule has 8 nitrogen and oxygen atoms in total. The van der Waals surface area contributed by atoms with Crippen LogP contribution in [0, 0.1) is 6.92 Å². The molecule has 9 heteroatoms. The zero-order valence-corrected chi connectivity index (χ0v) is 15.6. The minimum atomic E-state index is -0.954. The summed E-state index contributed by atoms with van der Waals surface area (Å²) in [6.45, 7) is 3.54. The van der Waals surface area contributed by atoms with Crippen LogP contribution in [0.15, 0.2) is 46.1 Å². The van der Waals surface area contributed by atoms with Crippen LogP contribution in [0.3, 0.4) is 0 Å². The third-order valence-electron chi connectivity index (χ3n) is 3.53. The molecule has 3 N–H and O–H groups in total. The first-order chi connectivity index (χ1) is 12.9. The van der Waals surface area contributed by atoms with Crippen molar-refractivity contribution in [2.75, 3.05) is 5.32 Å². The van der Waals surface area contributed by atoms with Crippen molar-refractivity contribution < 1.29 is 18.8 Å². The number of hydrogen-bond donors (Lipinski definition) is 3. The van der Waals surface area contributed by atoms with E-state index < -0.39 is 11.8 Å². The van der Waals surface area contributed by atoms with Crippen molar-refractivity contribution in [2.45, 2.75) is 26.8 Å². The molecule has 0 unspecified atom stereocenters. The Morgan fingerprint density at radius 1 is 1.15 bits per heavy atom. The maximum atomic E-state index is 11.9. The van der Waals surface area contributed by atoms with E-state index in [4.69, 9.17) is 16.0 Å². The van der Waals surface area contributed by atoms with E-state index in [1.807, 2.05) is 0 Å². The quantitative estimate of drug-likeness (QED) is 0.399. The lowest BCUT2D eigenvalue weighted by Gasteiger charge is -2.08. The fourth-order valence-corrected chi connectivity index (χ4v) is 2.23. The molecule has 27 heavy (non-hydrogen) atoms. The van der Waals surface area contributed by atoms with Crippen LogP contribution in [-0.2, 0) is 20.9 Å². The smallest absolute Gasteiger partial charge is 0.329 e. The number of halogens is 1. The number of furan rings is 1. The van der Waals surface area contributed by atoms with Gasteiger partial charge in [-0.1, -0.05) is 17.7 Å². The van der Waals surface area contributed by atoms with E-state index in [1.54, 1.807) is 44.2 Å². The number of rotatable bonds is 6. The molecular formula is C18H19ClN4O4. The van der Waals surface area contributed by atoms with E-state index in [0.717, 1.165) is 0 Å². The number of hydrogen-bond acceptors (Lipinski definition) is 5. The summed E-state index contributed by atoms with van der Waals surface area (Å²) in [6.07, 6.45) is 1.48. The second-order valence-electron chi connectivity index (χ2n) is 5.69. The van der Waals surface area contributed by atoms with Gasteiger partial charge >= 0.3 is 11.8 Å². The van der Waals surface area contributed by atoms with Gasteiger partial charge in [0.15, 0.2) is 0 Å². The molecule has 0 bridgehead atoms. The molecule has 142 valence electrons. The highest BCUT2D eigenvalue weighted by molar-refractivity contribution is 6.40. The molecule has 0 saturated carbocycles. The summed E-state index contributed by atoms with van der Waals surface area (Å²) in [5.74, 6) is -1.51. The summed E-state index contributed by atoms with van der Waals surface area (Å²) in [5.41, 5.74) is 3.53. The summed E-state index contributed by atoms with van der Waals surface area (Å²) in [6, 6.07) is 8.43. The number of anilines is 1. The first-order valence-corrected chi connectivity index (χ1v) is 8.43. The molecule has 0 aliphatic heterocycles. The van der Waals surface area contributed by atoms with Gasteiger partial charge in [-0.05, 0) is 43.7 Å². The molecule has 2 rings (SSSR count). The van der Waals surface area contributed by atoms with Crippen LogP contribution in [0.1, 0.15) is 24.7 Å². The van der Waals surface area contributed by atoms with Gasteiger partial charge in [0.25, 0.3) is 0 Å². The highest BCUT2D eigenvalue weighted by atomic mass is 35.5. The first kappa shape index (κ1) is 20.2. The number of hydrazone groups is 1. The Morgan fingerprint density at radius 2 is 1.93 bits per heavy atom. The summed E-state index contributed by atoms with van der Waals surface area (Å²) in [5, 5.41) is 9.34. The SMILES string of the molecule is C/C(CC(=O)NCc1ccco1)=N\NC(=O)C(=O)Nc1cccc(Cl)c1C. The van der Waals surface area contributed by atoms with Gasteiger partial charge in [0.05, 0.1) is 19.2 Å². The molecule has 0 spiro atoms. The maximum Gasteiger partial charge on any atom is 0.329 e. The summed E-state index contributed by atoms with van der Waals surface area (Å²) in [4.78, 5) is 35.6. The van der Waals surface area contributed by atoms with E-state index in [1.165, 1.54) is 6.26 Å². The number of carbonyl (C=O) groups is 3. The zero-order chi connectivity index (χ0) is 19.8. The van der Waals surface area contributed by atoms with Gasteiger partial charge in [-0.25, -0.2) is 5.43 Å². The number of carbonyl (C=O) groups excluding carboxylic acids is 3. The fraction of sp³-hybridized carbons (Fsp3) is 0.222. The molecule has 0 aliphatic carbocycles. The van der Waals surface area contributed by atoms with Crippen molar-refractivity contribution in [3.63, 3.8) is 0 Å². The lowest BCUT2D eigenvalue weighted by molar-refractivity contribution is -0.136. The number of nitrogens with one attached hydrogen (secondary N) is 3. The third-order valence-corrected chi connectivity index (χ3v) is 3.94. The van der Waals surface area contributed by atoms with Gasteiger partial charge in [0.1, 0.15) is 5.76 Å². The van der Waals surface area contributed by atoms with Crippen LogP contribution in [0.5, 0.6) is 0 Å². The molecule has 0 saturated heterocycles. The highest BCUT2D eigenvalue weighted by Gasteiger charge is 2.15. The second kappa shape index (κ2) is 9.54. The minimum Gasteiger partial charge on any atom is -0.467 e. The van der Waals surface area contributed by atoms with Crippen molar-refractivity contribution in [1.82, 2.24) is 10.7 Å². The van der Waals surface area contributed by atoms with Gasteiger partial charge in [-0.15, -0.1) is 0 Å². The molecule has 0 atom stereocenters. The van der Waals surface area contributed by atoms with Crippen molar-refractivity contribution >= 4 is 40.7 Å². The molecule has 3 amide bonds. The normalized spacial score (nSPS) is 11.0. The minimum absolute atomic E-state index is 0.0317. The second-order valence-corrected chi connectivity index (χ2v) is 6.09. The maximum absolute atomic E-state index is 11.9. The van der Waals surface area contributed by atoms with Crippen molar-refractivity contribution in [3.05, 3.63) is 52.9 Å². The Kier molecular flexibility index (Phi) is 7.13. The van der Waals surface area contributed by atoms with E-state index >= 15 is 0 Å². The topological polar surface area (TPSA) is 113 Å². The van der Waals surface area contributed by atoms with Gasteiger partial charge in [-0.3, -0.25) is 14.4 Å². The van der Waals surface area contributed by atoms with Crippen LogP contribution in [0.25, 0.3) is 0 Å². The Balaban J connectivity index is 1.80. The number of amides is 3. The van der Waals surface area contributed by atoms with Crippen LogP contribution in [-0.4, -0.2) is 23.4 Å². The van der Waals surface area contributed by atoms with Gasteiger partial charge < -0.3 is 15.1 Å². The predicted molar refractivity (Wildman–Crippen MR) is 101 cm³/mol. The molecule has 0 radical (unpaired) electrons. The van der Waals surface area contributed by atoms with Gasteiger partial charge in [0.2, 0.25) is 5.91 Å². The zero-order valence-electron chi connectivity index (χ0n) is 14.8. The molecule has 0 fully saturated rings. The average Bonchev–Trinajstić information content (AvgIpc) is 3.15. The van der Waals surface area contributed by atoms with Crippen molar-refractivity contribution in [1.29, 1.82) is 0 Å². The van der Waals surface area contributed by atoms with Crippen molar-refractivity contribution in [3.8, 4) is 0 Å². The lowest BCUT2D eigenvalue weighted by Crippen LogP contribution is -2.33. The van der Waals surface area contributed by atoms with E-state index in [2.05, 4.69) is 21.2 Å². The summed E-state index contributed by atoms with van der Waals surface area (Å²) < 4.78 is 5.10. The fourth-order valence-electron chi connectivity index (χ4n) is 2.05. The first-order valence-electron chi connectivity index (χ1n) is 8.05. The van der Waals surface area contributed by atoms with Gasteiger partial charge in [-0.2, -0.15) is 5.10 Å². The van der Waals surface area contributed by atoms with Gasteiger partial charge in [0, 0.05) is 16.4 Å². The standard InChI is InChI=1S/C18H19ClN4O4/c1-11(9-16(24)20-10-13-5-4-8-27-13)22-23-18(26)17(25)21-15-7-3-6-14(19)12(15)2/h3-8H,9-10H2,1-2H3,(H,20,24)(H,21,25)(H,23,26)/b22-11+. The Hall–Kier alpha value is -3.13. The molecule has 1 aromatic carbocycles. The molecule has 1 heterocycles. The number of benzene rings is 1. The molecular weight excluding hydrogens is 372 g/mol. The van der Waals surface area contributed by atoms with Crippen molar-refractivity contribution in [2.24, 2.45) is 5.10 Å². The molecule has 1 aromatic heterocycles. The van der Waals surface area contributed by atoms with Crippen LogP contribution in [0.2, 0.25) is 5.02 Å². The Labute approximate surface area is 161 Å². The van der Waals surface area contributed by atoms with E-state index in [9.17, 15) is 14.4 Å². The van der Waals surface area contributed by atoms with Crippen LogP contribution >= 0.6 is 11.6 Å². The number of nitrogens with zero attached hydrogens (tertiary/aromatic N) is 1.